The molecule has 1 aliphatic carbocycles. The fourth-order valence-corrected chi connectivity index (χ4v) is 4.28. The summed E-state index contributed by atoms with van der Waals surface area (Å²) in [4.78, 5) is 12.0. The van der Waals surface area contributed by atoms with Crippen LogP contribution in [0.25, 0.3) is 0 Å². The summed E-state index contributed by atoms with van der Waals surface area (Å²) in [5.41, 5.74) is -0.376. The molecule has 1 aliphatic rings. The molecule has 6 heteroatoms. The Morgan fingerprint density at radius 2 is 1.80 bits per heavy atom. The minimum absolute atomic E-state index is 0.300. The summed E-state index contributed by atoms with van der Waals surface area (Å²) in [6.45, 7) is 4.11. The van der Waals surface area contributed by atoms with Crippen LogP contribution in [0.15, 0.2) is 30.3 Å². The zero-order valence-corrected chi connectivity index (χ0v) is 12.5. The highest BCUT2D eigenvalue weighted by molar-refractivity contribution is 7.55. The zero-order chi connectivity index (χ0) is 14.6. The molecule has 0 aliphatic heterocycles. The van der Waals surface area contributed by atoms with Crippen molar-refractivity contribution in [1.29, 1.82) is 0 Å². The summed E-state index contributed by atoms with van der Waals surface area (Å²) in [7, 11) is -3.20. The van der Waals surface area contributed by atoms with Gasteiger partial charge >= 0.3 is 13.6 Å². The first kappa shape index (κ1) is 15.2. The standard InChI is InChI=1S/C14H19O5P/c1-3-17-20(16,18-4-2)13-10-12(13)14(15)19-11-8-6-5-7-9-11/h5-9,12-13H,3-4,10H2,1-2H3/t12-,13-/m1/s1. The normalized spacial score (nSPS) is 21.5. The molecular formula is C14H19O5P. The third-order valence-corrected chi connectivity index (χ3v) is 5.66. The van der Waals surface area contributed by atoms with E-state index in [0.29, 0.717) is 25.4 Å². The molecule has 0 N–H and O–H groups in total. The third kappa shape index (κ3) is 3.48. The van der Waals surface area contributed by atoms with E-state index in [4.69, 9.17) is 13.8 Å². The van der Waals surface area contributed by atoms with Crippen molar-refractivity contribution in [2.45, 2.75) is 25.9 Å². The van der Waals surface area contributed by atoms with Crippen molar-refractivity contribution in [2.24, 2.45) is 5.92 Å². The topological polar surface area (TPSA) is 61.8 Å². The maximum Gasteiger partial charge on any atom is 0.334 e. The number of esters is 1. The lowest BCUT2D eigenvalue weighted by Gasteiger charge is -2.16. The van der Waals surface area contributed by atoms with E-state index in [0.717, 1.165) is 0 Å². The molecule has 1 aromatic carbocycles. The first-order chi connectivity index (χ1) is 9.60. The molecular weight excluding hydrogens is 279 g/mol. The molecule has 110 valence electrons. The van der Waals surface area contributed by atoms with Crippen LogP contribution in [-0.4, -0.2) is 24.8 Å². The van der Waals surface area contributed by atoms with E-state index in [1.54, 1.807) is 38.1 Å². The van der Waals surface area contributed by atoms with Crippen molar-refractivity contribution < 1.29 is 23.1 Å². The summed E-state index contributed by atoms with van der Waals surface area (Å²) >= 11 is 0. The number of hydrogen-bond acceptors (Lipinski definition) is 5. The Balaban J connectivity index is 1.96. The molecule has 1 saturated carbocycles. The Hall–Kier alpha value is -1.16. The van der Waals surface area contributed by atoms with Crippen molar-refractivity contribution in [3.8, 4) is 5.75 Å². The fraction of sp³-hybridized carbons (Fsp3) is 0.500. The minimum Gasteiger partial charge on any atom is -0.426 e. The molecule has 0 saturated heterocycles. The van der Waals surface area contributed by atoms with E-state index in [-0.39, 0.29) is 11.6 Å². The van der Waals surface area contributed by atoms with Crippen LogP contribution in [-0.2, 0) is 18.4 Å². The molecule has 0 aromatic heterocycles. The van der Waals surface area contributed by atoms with Crippen LogP contribution in [0.2, 0.25) is 0 Å². The van der Waals surface area contributed by atoms with Gasteiger partial charge in [0, 0.05) is 0 Å². The average Bonchev–Trinajstić information content (AvgIpc) is 3.21. The number of rotatable bonds is 7. The third-order valence-electron chi connectivity index (χ3n) is 3.05. The van der Waals surface area contributed by atoms with Gasteiger partial charge in [0.15, 0.2) is 0 Å². The highest BCUT2D eigenvalue weighted by Gasteiger charge is 2.57. The second kappa shape index (κ2) is 6.53. The van der Waals surface area contributed by atoms with Crippen LogP contribution in [0, 0.1) is 5.92 Å². The summed E-state index contributed by atoms with van der Waals surface area (Å²) < 4.78 is 28.2. The monoisotopic (exact) mass is 298 g/mol. The Labute approximate surface area is 118 Å². The number of carbonyl (C=O) groups excluding carboxylic acids is 1. The van der Waals surface area contributed by atoms with E-state index >= 15 is 0 Å². The Morgan fingerprint density at radius 3 is 2.35 bits per heavy atom. The van der Waals surface area contributed by atoms with E-state index in [2.05, 4.69) is 0 Å². The lowest BCUT2D eigenvalue weighted by Crippen LogP contribution is -2.14. The number of carbonyl (C=O) groups is 1. The smallest absolute Gasteiger partial charge is 0.334 e. The van der Waals surface area contributed by atoms with Gasteiger partial charge in [0.25, 0.3) is 0 Å². The summed E-state index contributed by atoms with van der Waals surface area (Å²) in [5, 5.41) is 0. The van der Waals surface area contributed by atoms with Gasteiger partial charge in [0.1, 0.15) is 5.75 Å². The minimum atomic E-state index is -3.20. The van der Waals surface area contributed by atoms with Crippen LogP contribution in [0.3, 0.4) is 0 Å². The number of benzene rings is 1. The van der Waals surface area contributed by atoms with Gasteiger partial charge in [0.05, 0.1) is 24.8 Å². The van der Waals surface area contributed by atoms with Gasteiger partial charge in [0.2, 0.25) is 0 Å². The van der Waals surface area contributed by atoms with Crippen LogP contribution >= 0.6 is 7.60 Å². The fourth-order valence-electron chi connectivity index (χ4n) is 2.05. The van der Waals surface area contributed by atoms with Gasteiger partial charge in [-0.3, -0.25) is 9.36 Å². The maximum absolute atomic E-state index is 12.5. The lowest BCUT2D eigenvalue weighted by molar-refractivity contribution is -0.135. The predicted octanol–water partition coefficient (Wildman–Crippen LogP) is 3.25. The molecule has 0 spiro atoms. The zero-order valence-electron chi connectivity index (χ0n) is 11.7. The second-order valence-electron chi connectivity index (χ2n) is 4.52. The molecule has 0 radical (unpaired) electrons. The molecule has 0 heterocycles. The SMILES string of the molecule is CCOP(=O)(OCC)[C@@H]1C[C@H]1C(=O)Oc1ccccc1. The van der Waals surface area contributed by atoms with Crippen molar-refractivity contribution in [3.05, 3.63) is 30.3 Å². The lowest BCUT2D eigenvalue weighted by atomic mass is 10.3. The van der Waals surface area contributed by atoms with Crippen molar-refractivity contribution >= 4 is 13.6 Å². The predicted molar refractivity (Wildman–Crippen MR) is 74.8 cm³/mol. The first-order valence-electron chi connectivity index (χ1n) is 6.76. The average molecular weight is 298 g/mol. The molecule has 2 rings (SSSR count). The molecule has 1 fully saturated rings. The molecule has 0 amide bonds. The van der Waals surface area contributed by atoms with E-state index in [9.17, 15) is 9.36 Å². The van der Waals surface area contributed by atoms with E-state index in [1.165, 1.54) is 0 Å². The van der Waals surface area contributed by atoms with Crippen LogP contribution in [0.5, 0.6) is 5.75 Å². The number of ether oxygens (including phenoxy) is 1. The quantitative estimate of drug-likeness (QED) is 0.439. The van der Waals surface area contributed by atoms with Crippen LogP contribution < -0.4 is 4.74 Å². The van der Waals surface area contributed by atoms with Crippen molar-refractivity contribution in [3.63, 3.8) is 0 Å². The first-order valence-corrected chi connectivity index (χ1v) is 8.37. The van der Waals surface area contributed by atoms with Crippen molar-refractivity contribution in [1.82, 2.24) is 0 Å². The maximum atomic E-state index is 12.5. The number of para-hydroxylation sites is 1. The molecule has 0 bridgehead atoms. The molecule has 20 heavy (non-hydrogen) atoms. The Kier molecular flexibility index (Phi) is 4.97. The van der Waals surface area contributed by atoms with Crippen LogP contribution in [0.1, 0.15) is 20.3 Å². The second-order valence-corrected chi connectivity index (χ2v) is 6.78. The summed E-state index contributed by atoms with van der Waals surface area (Å²) in [5.74, 6) is -0.286. The van der Waals surface area contributed by atoms with Crippen molar-refractivity contribution in [2.75, 3.05) is 13.2 Å². The summed E-state index contributed by atoms with van der Waals surface area (Å²) in [6, 6.07) is 8.84. The van der Waals surface area contributed by atoms with Gasteiger partial charge in [-0.25, -0.2) is 0 Å². The highest BCUT2D eigenvalue weighted by atomic mass is 31.2. The molecule has 0 unspecified atom stereocenters. The molecule has 1 aromatic rings. The molecule has 2 atom stereocenters. The summed E-state index contributed by atoms with van der Waals surface area (Å²) in [6.07, 6.45) is 0.489. The van der Waals surface area contributed by atoms with E-state index in [1.807, 2.05) is 6.07 Å². The van der Waals surface area contributed by atoms with Gasteiger partial charge in [-0.1, -0.05) is 18.2 Å². The van der Waals surface area contributed by atoms with E-state index < -0.39 is 13.5 Å². The largest absolute Gasteiger partial charge is 0.426 e. The Bertz CT molecular complexity index is 492. The van der Waals surface area contributed by atoms with Gasteiger partial charge in [-0.15, -0.1) is 0 Å². The van der Waals surface area contributed by atoms with Gasteiger partial charge in [-0.2, -0.15) is 0 Å². The highest BCUT2D eigenvalue weighted by Crippen LogP contribution is 2.65. The molecule has 5 nitrogen and oxygen atoms in total. The van der Waals surface area contributed by atoms with Crippen LogP contribution in [0.4, 0.5) is 0 Å². The Morgan fingerprint density at radius 1 is 1.20 bits per heavy atom. The van der Waals surface area contributed by atoms with Gasteiger partial charge < -0.3 is 13.8 Å². The number of hydrogen-bond donors (Lipinski definition) is 0. The van der Waals surface area contributed by atoms with Gasteiger partial charge in [-0.05, 0) is 32.4 Å².